The number of aromatic nitrogens is 1. The van der Waals surface area contributed by atoms with Gasteiger partial charge in [-0.25, -0.2) is 22.5 Å². The van der Waals surface area contributed by atoms with E-state index in [1.54, 1.807) is 30.5 Å². The van der Waals surface area contributed by atoms with Crippen molar-refractivity contribution in [2.45, 2.75) is 44.0 Å². The second-order valence-electron chi connectivity index (χ2n) is 9.17. The molecule has 192 valence electrons. The molecule has 36 heavy (non-hydrogen) atoms. The van der Waals surface area contributed by atoms with E-state index in [1.807, 2.05) is 32.8 Å². The molecule has 0 radical (unpaired) electrons. The number of nitrogens with zero attached hydrogens (tertiary/aromatic N) is 2. The van der Waals surface area contributed by atoms with Crippen LogP contribution in [-0.4, -0.2) is 45.4 Å². The lowest BCUT2D eigenvalue weighted by Gasteiger charge is -2.18. The van der Waals surface area contributed by atoms with E-state index in [0.29, 0.717) is 23.6 Å². The molecule has 0 bridgehead atoms. The summed E-state index contributed by atoms with van der Waals surface area (Å²) in [7, 11) is 1.33. The molecule has 0 aliphatic heterocycles. The van der Waals surface area contributed by atoms with Gasteiger partial charge < -0.3 is 9.64 Å². The predicted molar refractivity (Wildman–Crippen MR) is 138 cm³/mol. The Morgan fingerprint density at radius 1 is 1.11 bits per heavy atom. The molecule has 0 atom stereocenters. The van der Waals surface area contributed by atoms with Crippen LogP contribution in [0.2, 0.25) is 0 Å². The van der Waals surface area contributed by atoms with Gasteiger partial charge in [0.25, 0.3) is 10.0 Å². The van der Waals surface area contributed by atoms with Crippen LogP contribution in [0.25, 0.3) is 11.1 Å². The van der Waals surface area contributed by atoms with Crippen molar-refractivity contribution in [1.82, 2.24) is 14.6 Å². The second-order valence-corrected chi connectivity index (χ2v) is 10.9. The third-order valence-corrected chi connectivity index (χ3v) is 7.10. The van der Waals surface area contributed by atoms with Gasteiger partial charge in [0.2, 0.25) is 11.8 Å². The molecule has 2 aromatic carbocycles. The quantitative estimate of drug-likeness (QED) is 0.429. The van der Waals surface area contributed by atoms with Crippen molar-refractivity contribution >= 4 is 15.9 Å². The van der Waals surface area contributed by atoms with E-state index in [4.69, 9.17) is 4.74 Å². The fraction of sp³-hybridized carbons (Fsp3) is 0.333. The van der Waals surface area contributed by atoms with E-state index in [2.05, 4.69) is 9.71 Å². The van der Waals surface area contributed by atoms with Crippen LogP contribution in [0, 0.1) is 5.82 Å². The molecule has 1 N–H and O–H groups in total. The Labute approximate surface area is 212 Å². The van der Waals surface area contributed by atoms with Gasteiger partial charge in [0.05, 0.1) is 12.0 Å². The Hall–Kier alpha value is -3.30. The van der Waals surface area contributed by atoms with Crippen molar-refractivity contribution in [3.63, 3.8) is 0 Å². The normalized spacial score (nSPS) is 11.7. The van der Waals surface area contributed by atoms with Crippen LogP contribution in [0.4, 0.5) is 4.39 Å². The number of hydrogen-bond donors (Lipinski definition) is 1. The first kappa shape index (κ1) is 27.3. The largest absolute Gasteiger partial charge is 0.481 e. The summed E-state index contributed by atoms with van der Waals surface area (Å²) < 4.78 is 47.4. The third kappa shape index (κ3) is 6.89. The number of amides is 1. The summed E-state index contributed by atoms with van der Waals surface area (Å²) in [6, 6.07) is 12.7. The van der Waals surface area contributed by atoms with E-state index in [1.165, 1.54) is 31.4 Å². The minimum absolute atomic E-state index is 0.00865. The lowest BCUT2D eigenvalue weighted by atomic mass is 9.87. The zero-order valence-corrected chi connectivity index (χ0v) is 22.0. The summed E-state index contributed by atoms with van der Waals surface area (Å²) in [5.41, 5.74) is 3.81. The van der Waals surface area contributed by atoms with Crippen molar-refractivity contribution in [3.8, 4) is 17.0 Å². The standard InChI is InChI=1S/C27H32FN3O4S/c1-18(2)24-15-21(28)16-25(20-12-13-29-27(14-20)35-5)23(24)10-11-26(32)30-36(33,34)22-8-6-19(7-9-22)17-31(3)4/h6-9,12-16,18H,10-11,17H2,1-5H3,(H,30,32). The maximum atomic E-state index is 14.5. The molecule has 0 aliphatic rings. The van der Waals surface area contributed by atoms with E-state index in [0.717, 1.165) is 16.7 Å². The summed E-state index contributed by atoms with van der Waals surface area (Å²) in [6.07, 6.45) is 1.72. The number of pyridine rings is 1. The zero-order chi connectivity index (χ0) is 26.5. The second kappa shape index (κ2) is 11.6. The molecule has 1 aromatic heterocycles. The Bertz CT molecular complexity index is 1320. The number of ether oxygens (including phenoxy) is 1. The Morgan fingerprint density at radius 2 is 1.81 bits per heavy atom. The monoisotopic (exact) mass is 513 g/mol. The minimum atomic E-state index is -4.01. The van der Waals surface area contributed by atoms with Gasteiger partial charge in [0.15, 0.2) is 0 Å². The molecule has 0 aliphatic carbocycles. The highest BCUT2D eigenvalue weighted by atomic mass is 32.2. The van der Waals surface area contributed by atoms with Crippen molar-refractivity contribution in [1.29, 1.82) is 0 Å². The average molecular weight is 514 g/mol. The molecule has 9 heteroatoms. The Balaban J connectivity index is 1.83. The van der Waals surface area contributed by atoms with Crippen molar-refractivity contribution in [2.75, 3.05) is 21.2 Å². The van der Waals surface area contributed by atoms with Crippen LogP contribution in [0.15, 0.2) is 59.6 Å². The topological polar surface area (TPSA) is 88.6 Å². The average Bonchev–Trinajstić information content (AvgIpc) is 2.82. The molecule has 3 rings (SSSR count). The van der Waals surface area contributed by atoms with Gasteiger partial charge in [-0.3, -0.25) is 4.79 Å². The number of benzene rings is 2. The van der Waals surface area contributed by atoms with Gasteiger partial charge in [-0.15, -0.1) is 0 Å². The molecular weight excluding hydrogens is 481 g/mol. The fourth-order valence-electron chi connectivity index (χ4n) is 4.04. The number of hydrogen-bond acceptors (Lipinski definition) is 6. The van der Waals surface area contributed by atoms with Crippen LogP contribution >= 0.6 is 0 Å². The number of rotatable bonds is 10. The first-order chi connectivity index (χ1) is 17.0. The molecule has 0 spiro atoms. The lowest BCUT2D eigenvalue weighted by Crippen LogP contribution is -2.30. The third-order valence-electron chi connectivity index (χ3n) is 5.71. The molecule has 7 nitrogen and oxygen atoms in total. The predicted octanol–water partition coefficient (Wildman–Crippen LogP) is 4.52. The summed E-state index contributed by atoms with van der Waals surface area (Å²) in [5.74, 6) is -0.650. The molecule has 0 saturated carbocycles. The van der Waals surface area contributed by atoms with Crippen LogP contribution in [0.1, 0.15) is 42.9 Å². The molecular formula is C27H32FN3O4S. The van der Waals surface area contributed by atoms with Gasteiger partial charge >= 0.3 is 0 Å². The number of nitrogens with one attached hydrogen (secondary N) is 1. The molecule has 3 aromatic rings. The molecule has 0 saturated heterocycles. The van der Waals surface area contributed by atoms with Crippen LogP contribution in [-0.2, 0) is 27.8 Å². The summed E-state index contributed by atoms with van der Waals surface area (Å²) in [6.45, 7) is 4.56. The number of halogens is 1. The number of methoxy groups -OCH3 is 1. The van der Waals surface area contributed by atoms with Crippen molar-refractivity contribution in [2.24, 2.45) is 0 Å². The minimum Gasteiger partial charge on any atom is -0.481 e. The highest BCUT2D eigenvalue weighted by Gasteiger charge is 2.20. The summed E-state index contributed by atoms with van der Waals surface area (Å²) in [5, 5.41) is 0. The Kier molecular flexibility index (Phi) is 8.81. The molecule has 1 amide bonds. The molecule has 1 heterocycles. The highest BCUT2D eigenvalue weighted by Crippen LogP contribution is 2.33. The van der Waals surface area contributed by atoms with Gasteiger partial charge in [0, 0.05) is 25.2 Å². The highest BCUT2D eigenvalue weighted by molar-refractivity contribution is 7.90. The van der Waals surface area contributed by atoms with E-state index in [9.17, 15) is 17.6 Å². The number of carbonyl (C=O) groups is 1. The van der Waals surface area contributed by atoms with Gasteiger partial charge in [-0.1, -0.05) is 26.0 Å². The summed E-state index contributed by atoms with van der Waals surface area (Å²) >= 11 is 0. The van der Waals surface area contributed by atoms with Crippen molar-refractivity contribution in [3.05, 3.63) is 77.2 Å². The van der Waals surface area contributed by atoms with E-state index >= 15 is 0 Å². The maximum absolute atomic E-state index is 14.5. The first-order valence-electron chi connectivity index (χ1n) is 11.6. The maximum Gasteiger partial charge on any atom is 0.264 e. The van der Waals surface area contributed by atoms with Crippen molar-refractivity contribution < 1.29 is 22.3 Å². The SMILES string of the molecule is COc1cc(-c2cc(F)cc(C(C)C)c2CCC(=O)NS(=O)(=O)c2ccc(CN(C)C)cc2)ccn1. The first-order valence-corrected chi connectivity index (χ1v) is 13.1. The number of carbonyl (C=O) groups excluding carboxylic acids is 1. The number of sulfonamides is 1. The van der Waals surface area contributed by atoms with Crippen LogP contribution < -0.4 is 9.46 Å². The van der Waals surface area contributed by atoms with E-state index < -0.39 is 21.7 Å². The van der Waals surface area contributed by atoms with Gasteiger partial charge in [-0.2, -0.15) is 0 Å². The molecule has 0 fully saturated rings. The van der Waals surface area contributed by atoms with Gasteiger partial charge in [-0.05, 0) is 84.6 Å². The lowest BCUT2D eigenvalue weighted by molar-refractivity contribution is -0.119. The summed E-state index contributed by atoms with van der Waals surface area (Å²) in [4.78, 5) is 18.8. The van der Waals surface area contributed by atoms with Gasteiger partial charge in [0.1, 0.15) is 5.82 Å². The Morgan fingerprint density at radius 3 is 2.42 bits per heavy atom. The fourth-order valence-corrected chi connectivity index (χ4v) is 5.05. The smallest absolute Gasteiger partial charge is 0.264 e. The zero-order valence-electron chi connectivity index (χ0n) is 21.2. The van der Waals surface area contributed by atoms with Crippen LogP contribution in [0.3, 0.4) is 0 Å². The molecule has 0 unspecified atom stereocenters. The van der Waals surface area contributed by atoms with E-state index in [-0.39, 0.29) is 23.7 Å². The van der Waals surface area contributed by atoms with Crippen LogP contribution in [0.5, 0.6) is 5.88 Å².